The molecule has 0 bridgehead atoms. The second kappa shape index (κ2) is 9.11. The maximum absolute atomic E-state index is 13.2. The SMILES string of the molecule is Cc1ccccc1C(=O)N(Cc1cccn1Cc1ccccc1Cl)CC(C)C. The molecule has 1 heterocycles. The van der Waals surface area contributed by atoms with Crippen molar-refractivity contribution in [2.45, 2.75) is 33.9 Å². The summed E-state index contributed by atoms with van der Waals surface area (Å²) in [7, 11) is 0. The van der Waals surface area contributed by atoms with Crippen LogP contribution >= 0.6 is 11.6 Å². The maximum atomic E-state index is 13.2. The fraction of sp³-hybridized carbons (Fsp3) is 0.292. The van der Waals surface area contributed by atoms with Crippen LogP contribution in [-0.4, -0.2) is 21.9 Å². The summed E-state index contributed by atoms with van der Waals surface area (Å²) in [5, 5.41) is 0.761. The van der Waals surface area contributed by atoms with Crippen molar-refractivity contribution >= 4 is 17.5 Å². The highest BCUT2D eigenvalue weighted by atomic mass is 35.5. The van der Waals surface area contributed by atoms with E-state index >= 15 is 0 Å². The molecular weight excluding hydrogens is 368 g/mol. The summed E-state index contributed by atoms with van der Waals surface area (Å²) in [4.78, 5) is 15.2. The van der Waals surface area contributed by atoms with Gasteiger partial charge in [-0.3, -0.25) is 4.79 Å². The van der Waals surface area contributed by atoms with E-state index in [4.69, 9.17) is 11.6 Å². The van der Waals surface area contributed by atoms with Gasteiger partial charge in [0.1, 0.15) is 0 Å². The molecule has 0 saturated carbocycles. The van der Waals surface area contributed by atoms with Gasteiger partial charge in [0.25, 0.3) is 5.91 Å². The Morgan fingerprint density at radius 1 is 1.04 bits per heavy atom. The summed E-state index contributed by atoms with van der Waals surface area (Å²) in [6.07, 6.45) is 2.05. The van der Waals surface area contributed by atoms with Crippen molar-refractivity contribution < 1.29 is 4.79 Å². The topological polar surface area (TPSA) is 25.2 Å². The van der Waals surface area contributed by atoms with E-state index in [2.05, 4.69) is 24.5 Å². The average molecular weight is 395 g/mol. The zero-order chi connectivity index (χ0) is 20.1. The normalized spacial score (nSPS) is 11.0. The number of nitrogens with zero attached hydrogens (tertiary/aromatic N) is 2. The second-order valence-electron chi connectivity index (χ2n) is 7.61. The number of hydrogen-bond acceptors (Lipinski definition) is 1. The number of carbonyl (C=O) groups is 1. The third kappa shape index (κ3) is 4.85. The Bertz CT molecular complexity index is 945. The highest BCUT2D eigenvalue weighted by molar-refractivity contribution is 6.31. The number of carbonyl (C=O) groups excluding carboxylic acids is 1. The molecule has 1 amide bonds. The van der Waals surface area contributed by atoms with Crippen LogP contribution in [-0.2, 0) is 13.1 Å². The third-order valence-electron chi connectivity index (χ3n) is 4.82. The molecular formula is C24H27ClN2O. The van der Waals surface area contributed by atoms with Crippen LogP contribution in [0.4, 0.5) is 0 Å². The highest BCUT2D eigenvalue weighted by Gasteiger charge is 2.20. The number of halogens is 1. The first-order chi connectivity index (χ1) is 13.5. The predicted molar refractivity (Wildman–Crippen MR) is 116 cm³/mol. The van der Waals surface area contributed by atoms with Crippen molar-refractivity contribution in [3.8, 4) is 0 Å². The lowest BCUT2D eigenvalue weighted by Gasteiger charge is -2.26. The van der Waals surface area contributed by atoms with Crippen LogP contribution in [0.5, 0.6) is 0 Å². The molecule has 146 valence electrons. The molecule has 3 aromatic rings. The molecule has 0 aliphatic rings. The van der Waals surface area contributed by atoms with E-state index in [0.717, 1.165) is 27.4 Å². The van der Waals surface area contributed by atoms with Gasteiger partial charge in [0.15, 0.2) is 0 Å². The van der Waals surface area contributed by atoms with E-state index in [9.17, 15) is 4.79 Å². The molecule has 0 saturated heterocycles. The summed E-state index contributed by atoms with van der Waals surface area (Å²) in [5.74, 6) is 0.470. The van der Waals surface area contributed by atoms with Gasteiger partial charge in [-0.25, -0.2) is 0 Å². The minimum atomic E-state index is 0.0808. The zero-order valence-electron chi connectivity index (χ0n) is 16.7. The van der Waals surface area contributed by atoms with E-state index in [0.29, 0.717) is 25.6 Å². The summed E-state index contributed by atoms with van der Waals surface area (Å²) >= 11 is 6.34. The van der Waals surface area contributed by atoms with Crippen LogP contribution in [0.25, 0.3) is 0 Å². The molecule has 0 fully saturated rings. The van der Waals surface area contributed by atoms with Crippen LogP contribution in [0.2, 0.25) is 5.02 Å². The maximum Gasteiger partial charge on any atom is 0.254 e. The Morgan fingerprint density at radius 3 is 2.46 bits per heavy atom. The Morgan fingerprint density at radius 2 is 1.75 bits per heavy atom. The van der Waals surface area contributed by atoms with Crippen LogP contribution < -0.4 is 0 Å². The van der Waals surface area contributed by atoms with Crippen molar-refractivity contribution in [3.05, 3.63) is 94.3 Å². The first kappa shape index (κ1) is 20.2. The first-order valence-corrected chi connectivity index (χ1v) is 10.1. The molecule has 0 aliphatic carbocycles. The van der Waals surface area contributed by atoms with Crippen molar-refractivity contribution in [1.29, 1.82) is 0 Å². The summed E-state index contributed by atoms with van der Waals surface area (Å²) in [6.45, 7) is 8.24. The fourth-order valence-electron chi connectivity index (χ4n) is 3.40. The Labute approximate surface area is 172 Å². The van der Waals surface area contributed by atoms with Crippen LogP contribution in [0.1, 0.15) is 41.0 Å². The van der Waals surface area contributed by atoms with Gasteiger partial charge in [0.2, 0.25) is 0 Å². The highest BCUT2D eigenvalue weighted by Crippen LogP contribution is 2.20. The van der Waals surface area contributed by atoms with Gasteiger partial charge in [-0.2, -0.15) is 0 Å². The van der Waals surface area contributed by atoms with Crippen molar-refractivity contribution in [1.82, 2.24) is 9.47 Å². The minimum Gasteiger partial charge on any atom is -0.345 e. The van der Waals surface area contributed by atoms with E-state index < -0.39 is 0 Å². The van der Waals surface area contributed by atoms with E-state index in [1.165, 1.54) is 0 Å². The summed E-state index contributed by atoms with van der Waals surface area (Å²) in [5.41, 5.74) is 3.95. The van der Waals surface area contributed by atoms with Crippen LogP contribution in [0.15, 0.2) is 66.9 Å². The van der Waals surface area contributed by atoms with Gasteiger partial charge in [0, 0.05) is 35.6 Å². The standard InChI is InChI=1S/C24H27ClN2O/c1-18(2)15-27(24(28)22-12-6-4-9-19(22)3)17-21-11-8-14-26(21)16-20-10-5-7-13-23(20)25/h4-14,18H,15-17H2,1-3H3. The summed E-state index contributed by atoms with van der Waals surface area (Å²) < 4.78 is 2.17. The lowest BCUT2D eigenvalue weighted by atomic mass is 10.1. The smallest absolute Gasteiger partial charge is 0.254 e. The van der Waals surface area contributed by atoms with Crippen molar-refractivity contribution in [3.63, 3.8) is 0 Å². The fourth-order valence-corrected chi connectivity index (χ4v) is 3.59. The van der Waals surface area contributed by atoms with E-state index in [-0.39, 0.29) is 5.91 Å². The number of amides is 1. The molecule has 0 radical (unpaired) electrons. The number of hydrogen-bond donors (Lipinski definition) is 0. The number of benzene rings is 2. The summed E-state index contributed by atoms with van der Waals surface area (Å²) in [6, 6.07) is 19.8. The third-order valence-corrected chi connectivity index (χ3v) is 5.19. The Hall–Kier alpha value is -2.52. The average Bonchev–Trinajstić information content (AvgIpc) is 3.09. The van der Waals surface area contributed by atoms with E-state index in [1.54, 1.807) is 0 Å². The molecule has 4 heteroatoms. The van der Waals surface area contributed by atoms with Gasteiger partial charge in [-0.15, -0.1) is 0 Å². The number of rotatable bonds is 7. The Kier molecular flexibility index (Phi) is 6.58. The quantitative estimate of drug-likeness (QED) is 0.497. The second-order valence-corrected chi connectivity index (χ2v) is 8.02. The molecule has 3 nitrogen and oxygen atoms in total. The molecule has 0 unspecified atom stereocenters. The van der Waals surface area contributed by atoms with Crippen molar-refractivity contribution in [2.75, 3.05) is 6.54 Å². The Balaban J connectivity index is 1.84. The van der Waals surface area contributed by atoms with Gasteiger partial charge < -0.3 is 9.47 Å². The van der Waals surface area contributed by atoms with Gasteiger partial charge >= 0.3 is 0 Å². The minimum absolute atomic E-state index is 0.0808. The molecule has 28 heavy (non-hydrogen) atoms. The first-order valence-electron chi connectivity index (χ1n) is 9.68. The van der Waals surface area contributed by atoms with Gasteiger partial charge in [-0.05, 0) is 48.2 Å². The van der Waals surface area contributed by atoms with E-state index in [1.807, 2.05) is 72.6 Å². The number of aryl methyl sites for hydroxylation is 1. The molecule has 2 aromatic carbocycles. The largest absolute Gasteiger partial charge is 0.345 e. The number of aromatic nitrogens is 1. The van der Waals surface area contributed by atoms with Crippen LogP contribution in [0.3, 0.4) is 0 Å². The lowest BCUT2D eigenvalue weighted by Crippen LogP contribution is -2.34. The molecule has 1 aromatic heterocycles. The van der Waals surface area contributed by atoms with Gasteiger partial charge in [-0.1, -0.05) is 61.8 Å². The monoisotopic (exact) mass is 394 g/mol. The molecule has 0 N–H and O–H groups in total. The van der Waals surface area contributed by atoms with Gasteiger partial charge in [0.05, 0.1) is 6.54 Å². The zero-order valence-corrected chi connectivity index (χ0v) is 17.5. The van der Waals surface area contributed by atoms with Crippen molar-refractivity contribution in [2.24, 2.45) is 5.92 Å². The molecule has 0 atom stereocenters. The van der Waals surface area contributed by atoms with Crippen LogP contribution in [0, 0.1) is 12.8 Å². The molecule has 0 spiro atoms. The molecule has 3 rings (SSSR count). The lowest BCUT2D eigenvalue weighted by molar-refractivity contribution is 0.0718. The predicted octanol–water partition coefficient (Wildman–Crippen LogP) is 5.80. The molecule has 0 aliphatic heterocycles.